The van der Waals surface area contributed by atoms with Gasteiger partial charge in [-0.25, -0.2) is 0 Å². The first-order valence-electron chi connectivity index (χ1n) is 9.67. The fraction of sp³-hybridized carbons (Fsp3) is 0.364. The van der Waals surface area contributed by atoms with E-state index in [9.17, 15) is 18.0 Å². The van der Waals surface area contributed by atoms with Crippen molar-refractivity contribution in [2.45, 2.75) is 39.1 Å². The van der Waals surface area contributed by atoms with Crippen LogP contribution in [-0.4, -0.2) is 29.2 Å². The van der Waals surface area contributed by atoms with Crippen molar-refractivity contribution in [3.8, 4) is 0 Å². The molecule has 0 aliphatic carbocycles. The molecule has 1 amide bonds. The molecule has 0 saturated heterocycles. The van der Waals surface area contributed by atoms with Crippen LogP contribution in [0.25, 0.3) is 0 Å². The van der Waals surface area contributed by atoms with Crippen molar-refractivity contribution in [3.05, 3.63) is 69.2 Å². The molecule has 1 heterocycles. The standard InChI is InChI=1S/C22H21Cl2F3N2O2/c1-13(2)21(30)29(11-14-4-3-5-16(8-14)22(25,26)27)12-17-10-20(28-31-17)15-6-7-18(23)19(24)9-15/h3-9,13,17H,10-12H2,1-2H3. The molecule has 1 aliphatic heterocycles. The third kappa shape index (κ3) is 5.92. The highest BCUT2D eigenvalue weighted by Gasteiger charge is 2.31. The number of carbonyl (C=O) groups excluding carboxylic acids is 1. The van der Waals surface area contributed by atoms with Gasteiger partial charge in [0.2, 0.25) is 5.91 Å². The Hall–Kier alpha value is -2.25. The molecule has 0 fully saturated rings. The maximum atomic E-state index is 13.0. The Kier molecular flexibility index (Phi) is 7.17. The monoisotopic (exact) mass is 472 g/mol. The zero-order valence-corrected chi connectivity index (χ0v) is 18.4. The Morgan fingerprint density at radius 2 is 1.94 bits per heavy atom. The minimum atomic E-state index is -4.44. The van der Waals surface area contributed by atoms with Crippen LogP contribution >= 0.6 is 23.2 Å². The first-order valence-corrected chi connectivity index (χ1v) is 10.4. The zero-order chi connectivity index (χ0) is 22.8. The average Bonchev–Trinajstić information content (AvgIpc) is 3.17. The molecular weight excluding hydrogens is 452 g/mol. The normalized spacial score (nSPS) is 16.3. The van der Waals surface area contributed by atoms with Crippen LogP contribution < -0.4 is 0 Å². The molecule has 2 aromatic carbocycles. The molecule has 0 N–H and O–H groups in total. The summed E-state index contributed by atoms with van der Waals surface area (Å²) in [5.41, 5.74) is 1.08. The molecule has 31 heavy (non-hydrogen) atoms. The molecule has 4 nitrogen and oxygen atoms in total. The predicted molar refractivity (Wildman–Crippen MR) is 114 cm³/mol. The second kappa shape index (κ2) is 9.49. The molecule has 0 bridgehead atoms. The topological polar surface area (TPSA) is 41.9 Å². The van der Waals surface area contributed by atoms with Crippen molar-refractivity contribution in [1.29, 1.82) is 0 Å². The number of amides is 1. The van der Waals surface area contributed by atoms with E-state index in [4.69, 9.17) is 28.0 Å². The van der Waals surface area contributed by atoms with E-state index in [1.165, 1.54) is 11.0 Å². The lowest BCUT2D eigenvalue weighted by Gasteiger charge is -2.27. The van der Waals surface area contributed by atoms with E-state index < -0.39 is 17.8 Å². The van der Waals surface area contributed by atoms with Gasteiger partial charge < -0.3 is 9.74 Å². The SMILES string of the molecule is CC(C)C(=O)N(Cc1cccc(C(F)(F)F)c1)CC1CC(c2ccc(Cl)c(Cl)c2)=NO1. The van der Waals surface area contributed by atoms with E-state index in [0.717, 1.165) is 17.7 Å². The summed E-state index contributed by atoms with van der Waals surface area (Å²) in [6.45, 7) is 3.73. The minimum absolute atomic E-state index is 0.0445. The fourth-order valence-electron chi connectivity index (χ4n) is 3.28. The van der Waals surface area contributed by atoms with Crippen molar-refractivity contribution >= 4 is 34.8 Å². The molecule has 1 aliphatic rings. The molecule has 9 heteroatoms. The second-order valence-corrected chi connectivity index (χ2v) is 8.48. The van der Waals surface area contributed by atoms with E-state index in [-0.39, 0.29) is 24.9 Å². The number of halogens is 5. The molecule has 0 aromatic heterocycles. The molecule has 1 atom stereocenters. The van der Waals surface area contributed by atoms with Gasteiger partial charge in [-0.3, -0.25) is 4.79 Å². The summed E-state index contributed by atoms with van der Waals surface area (Å²) in [4.78, 5) is 19.7. The van der Waals surface area contributed by atoms with Gasteiger partial charge >= 0.3 is 6.18 Å². The van der Waals surface area contributed by atoms with Gasteiger partial charge in [-0.1, -0.05) is 60.4 Å². The third-order valence-electron chi connectivity index (χ3n) is 4.84. The molecule has 0 spiro atoms. The van der Waals surface area contributed by atoms with Gasteiger partial charge in [0.05, 0.1) is 27.9 Å². The Balaban J connectivity index is 1.73. The quantitative estimate of drug-likeness (QED) is 0.502. The average molecular weight is 473 g/mol. The van der Waals surface area contributed by atoms with Crippen LogP contribution in [0.4, 0.5) is 13.2 Å². The predicted octanol–water partition coefficient (Wildman–Crippen LogP) is 6.19. The third-order valence-corrected chi connectivity index (χ3v) is 5.58. The van der Waals surface area contributed by atoms with E-state index in [2.05, 4.69) is 5.16 Å². The lowest BCUT2D eigenvalue weighted by Crippen LogP contribution is -2.39. The number of carbonyl (C=O) groups is 1. The number of alkyl halides is 3. The van der Waals surface area contributed by atoms with E-state index in [1.54, 1.807) is 38.1 Å². The van der Waals surface area contributed by atoms with Gasteiger partial charge in [-0.05, 0) is 29.8 Å². The molecule has 1 unspecified atom stereocenters. The van der Waals surface area contributed by atoms with Gasteiger partial charge in [-0.2, -0.15) is 13.2 Å². The van der Waals surface area contributed by atoms with Crippen molar-refractivity contribution < 1.29 is 22.8 Å². The molecule has 3 rings (SSSR count). The number of benzene rings is 2. The Bertz CT molecular complexity index is 993. The summed E-state index contributed by atoms with van der Waals surface area (Å²) in [6.07, 6.45) is -4.43. The molecule has 0 radical (unpaired) electrons. The number of hydrogen-bond donors (Lipinski definition) is 0. The lowest BCUT2D eigenvalue weighted by molar-refractivity contribution is -0.137. The van der Waals surface area contributed by atoms with Crippen LogP contribution in [0, 0.1) is 5.92 Å². The first kappa shape index (κ1) is 23.4. The highest BCUT2D eigenvalue weighted by atomic mass is 35.5. The minimum Gasteiger partial charge on any atom is -0.390 e. The van der Waals surface area contributed by atoms with Crippen molar-refractivity contribution in [2.75, 3.05) is 6.54 Å². The maximum absolute atomic E-state index is 13.0. The summed E-state index contributed by atoms with van der Waals surface area (Å²) in [6, 6.07) is 10.1. The van der Waals surface area contributed by atoms with Crippen molar-refractivity contribution in [3.63, 3.8) is 0 Å². The van der Waals surface area contributed by atoms with E-state index in [1.807, 2.05) is 0 Å². The van der Waals surface area contributed by atoms with Gasteiger partial charge in [0.25, 0.3) is 0 Å². The van der Waals surface area contributed by atoms with Crippen LogP contribution in [0.1, 0.15) is 37.0 Å². The van der Waals surface area contributed by atoms with E-state index >= 15 is 0 Å². The van der Waals surface area contributed by atoms with E-state index in [0.29, 0.717) is 27.7 Å². The Morgan fingerprint density at radius 1 is 1.19 bits per heavy atom. The van der Waals surface area contributed by atoms with Gasteiger partial charge in [-0.15, -0.1) is 0 Å². The maximum Gasteiger partial charge on any atom is 0.416 e. The summed E-state index contributed by atoms with van der Waals surface area (Å²) in [5.74, 6) is -0.494. The van der Waals surface area contributed by atoms with Crippen LogP contribution in [0.5, 0.6) is 0 Å². The summed E-state index contributed by atoms with van der Waals surface area (Å²) >= 11 is 12.0. The smallest absolute Gasteiger partial charge is 0.390 e. The molecular formula is C22H21Cl2F3N2O2. The van der Waals surface area contributed by atoms with Crippen LogP contribution in [0.15, 0.2) is 47.6 Å². The summed E-state index contributed by atoms with van der Waals surface area (Å²) in [5, 5.41) is 4.92. The first-order chi connectivity index (χ1) is 14.5. The number of hydrogen-bond acceptors (Lipinski definition) is 3. The highest BCUT2D eigenvalue weighted by Crippen LogP contribution is 2.30. The molecule has 0 saturated carbocycles. The summed E-state index contributed by atoms with van der Waals surface area (Å²) in [7, 11) is 0. The second-order valence-electron chi connectivity index (χ2n) is 7.67. The number of rotatable bonds is 6. The molecule has 2 aromatic rings. The highest BCUT2D eigenvalue weighted by molar-refractivity contribution is 6.42. The largest absolute Gasteiger partial charge is 0.416 e. The van der Waals surface area contributed by atoms with Gasteiger partial charge in [0.1, 0.15) is 0 Å². The Morgan fingerprint density at radius 3 is 2.58 bits per heavy atom. The zero-order valence-electron chi connectivity index (χ0n) is 16.9. The number of nitrogens with zero attached hydrogens (tertiary/aromatic N) is 2. The Labute approximate surface area is 188 Å². The number of oxime groups is 1. The fourth-order valence-corrected chi connectivity index (χ4v) is 3.58. The van der Waals surface area contributed by atoms with Crippen molar-refractivity contribution in [2.24, 2.45) is 11.1 Å². The van der Waals surface area contributed by atoms with Crippen LogP contribution in [0.3, 0.4) is 0 Å². The van der Waals surface area contributed by atoms with Gasteiger partial charge in [0, 0.05) is 24.4 Å². The van der Waals surface area contributed by atoms with Gasteiger partial charge in [0.15, 0.2) is 6.10 Å². The lowest BCUT2D eigenvalue weighted by atomic mass is 10.0. The van der Waals surface area contributed by atoms with Crippen LogP contribution in [-0.2, 0) is 22.4 Å². The summed E-state index contributed by atoms with van der Waals surface area (Å²) < 4.78 is 39.1. The van der Waals surface area contributed by atoms with Crippen LogP contribution in [0.2, 0.25) is 10.0 Å². The van der Waals surface area contributed by atoms with Crippen molar-refractivity contribution in [1.82, 2.24) is 4.90 Å². The molecule has 166 valence electrons.